The van der Waals surface area contributed by atoms with Crippen LogP contribution in [0.25, 0.3) is 11.8 Å². The van der Waals surface area contributed by atoms with Crippen LogP contribution in [0.1, 0.15) is 29.0 Å². The average Bonchev–Trinajstić information content (AvgIpc) is 3.52. The molecular formula is C27H21BrN2O4S2. The Hall–Kier alpha value is -3.27. The molecule has 2 aromatic heterocycles. The fourth-order valence-corrected chi connectivity index (χ4v) is 6.46. The van der Waals surface area contributed by atoms with Gasteiger partial charge in [0.1, 0.15) is 11.8 Å². The smallest absolute Gasteiger partial charge is 0.338 e. The lowest BCUT2D eigenvalue weighted by molar-refractivity contribution is -0.138. The molecule has 1 aliphatic rings. The highest BCUT2D eigenvalue weighted by molar-refractivity contribution is 9.10. The number of carbonyl (C=O) groups excluding carboxylic acids is 1. The molecule has 5 rings (SSSR count). The van der Waals surface area contributed by atoms with Crippen molar-refractivity contribution in [1.29, 1.82) is 0 Å². The molecule has 2 aromatic carbocycles. The van der Waals surface area contributed by atoms with E-state index in [0.29, 0.717) is 26.4 Å². The Morgan fingerprint density at radius 3 is 2.64 bits per heavy atom. The van der Waals surface area contributed by atoms with Gasteiger partial charge in [-0.2, -0.15) is 0 Å². The lowest BCUT2D eigenvalue weighted by atomic mass is 9.97. The van der Waals surface area contributed by atoms with E-state index in [0.717, 1.165) is 20.5 Å². The number of nitrogens with zero attached hydrogens (tertiary/aromatic N) is 2. The van der Waals surface area contributed by atoms with E-state index < -0.39 is 12.0 Å². The molecule has 0 radical (unpaired) electrons. The van der Waals surface area contributed by atoms with Crippen LogP contribution in [0.2, 0.25) is 0 Å². The molecule has 1 aliphatic heterocycles. The fourth-order valence-electron chi connectivity index (χ4n) is 4.08. The summed E-state index contributed by atoms with van der Waals surface area (Å²) in [6.45, 7) is 1.99. The molecule has 0 fully saturated rings. The lowest BCUT2D eigenvalue weighted by Gasteiger charge is -2.24. The summed E-state index contributed by atoms with van der Waals surface area (Å²) in [6.07, 6.45) is 1.83. The van der Waals surface area contributed by atoms with Crippen molar-refractivity contribution < 1.29 is 14.3 Å². The van der Waals surface area contributed by atoms with Gasteiger partial charge in [0.25, 0.3) is 5.56 Å². The highest BCUT2D eigenvalue weighted by atomic mass is 79.9. The maximum Gasteiger partial charge on any atom is 0.338 e. The normalized spacial score (nSPS) is 15.4. The summed E-state index contributed by atoms with van der Waals surface area (Å²) in [4.78, 5) is 33.3. The quantitative estimate of drug-likeness (QED) is 0.308. The minimum absolute atomic E-state index is 0.210. The number of methoxy groups -OCH3 is 1. The van der Waals surface area contributed by atoms with Crippen molar-refractivity contribution in [2.24, 2.45) is 4.99 Å². The molecule has 0 unspecified atom stereocenters. The molecule has 3 heterocycles. The lowest BCUT2D eigenvalue weighted by Crippen LogP contribution is -2.39. The molecule has 182 valence electrons. The third-order valence-corrected chi connectivity index (χ3v) is 8.19. The largest absolute Gasteiger partial charge is 0.496 e. The van der Waals surface area contributed by atoms with E-state index in [9.17, 15) is 9.59 Å². The molecule has 1 atom stereocenters. The first-order chi connectivity index (χ1) is 17.5. The number of aromatic nitrogens is 1. The Morgan fingerprint density at radius 2 is 1.97 bits per heavy atom. The maximum atomic E-state index is 13.8. The van der Waals surface area contributed by atoms with Crippen molar-refractivity contribution in [2.45, 2.75) is 13.0 Å². The number of thiazole rings is 1. The Labute approximate surface area is 223 Å². The van der Waals surface area contributed by atoms with Gasteiger partial charge in [0.05, 0.1) is 34.0 Å². The van der Waals surface area contributed by atoms with Gasteiger partial charge in [0, 0.05) is 10.4 Å². The third kappa shape index (κ3) is 4.50. The number of hydrogen-bond acceptors (Lipinski definition) is 7. The molecule has 4 aromatic rings. The fraction of sp³-hybridized carbons (Fsp3) is 0.148. The Kier molecular flexibility index (Phi) is 7.04. The van der Waals surface area contributed by atoms with E-state index in [1.807, 2.05) is 72.1 Å². The van der Waals surface area contributed by atoms with Crippen molar-refractivity contribution in [3.8, 4) is 5.75 Å². The van der Waals surface area contributed by atoms with E-state index in [-0.39, 0.29) is 12.2 Å². The molecule has 0 N–H and O–H groups in total. The van der Waals surface area contributed by atoms with Crippen LogP contribution >= 0.6 is 38.6 Å². The standard InChI is InChI=1S/C27H21BrN2O4S2/c1-3-34-26(32)22-23(17-8-5-4-6-9-17)29-27-30(24(22)20-10-7-13-35-20)25(31)21(36-27)15-16-11-12-19(33-2)18(28)14-16/h4-15,24H,3H2,1-2H3/b21-15-/t24-/m1/s1. The molecule has 0 saturated heterocycles. The number of hydrogen-bond donors (Lipinski definition) is 0. The third-order valence-electron chi connectivity index (χ3n) is 5.66. The zero-order valence-electron chi connectivity index (χ0n) is 19.4. The van der Waals surface area contributed by atoms with Crippen molar-refractivity contribution in [2.75, 3.05) is 13.7 Å². The molecular weight excluding hydrogens is 560 g/mol. The first-order valence-corrected chi connectivity index (χ1v) is 13.7. The van der Waals surface area contributed by atoms with Crippen molar-refractivity contribution in [1.82, 2.24) is 4.57 Å². The van der Waals surface area contributed by atoms with Gasteiger partial charge in [0.2, 0.25) is 0 Å². The summed E-state index contributed by atoms with van der Waals surface area (Å²) >= 11 is 6.29. The number of halogens is 1. The van der Waals surface area contributed by atoms with E-state index in [4.69, 9.17) is 14.5 Å². The van der Waals surface area contributed by atoms with Crippen LogP contribution in [0.5, 0.6) is 5.75 Å². The number of fused-ring (bicyclic) bond motifs is 1. The van der Waals surface area contributed by atoms with Crippen LogP contribution in [0.15, 0.2) is 85.9 Å². The minimum atomic E-state index is -0.639. The highest BCUT2D eigenvalue weighted by Gasteiger charge is 2.35. The molecule has 0 bridgehead atoms. The molecule has 9 heteroatoms. The van der Waals surface area contributed by atoms with E-state index >= 15 is 0 Å². The average molecular weight is 582 g/mol. The molecule has 0 saturated carbocycles. The predicted molar refractivity (Wildman–Crippen MR) is 146 cm³/mol. The van der Waals surface area contributed by atoms with Gasteiger partial charge < -0.3 is 9.47 Å². The molecule has 0 spiro atoms. The van der Waals surface area contributed by atoms with Gasteiger partial charge in [-0.1, -0.05) is 53.8 Å². The number of ether oxygens (including phenoxy) is 2. The number of carbonyl (C=O) groups is 1. The van der Waals surface area contributed by atoms with Gasteiger partial charge in [0.15, 0.2) is 4.80 Å². The summed E-state index contributed by atoms with van der Waals surface area (Å²) in [7, 11) is 1.61. The zero-order valence-corrected chi connectivity index (χ0v) is 22.7. The van der Waals surface area contributed by atoms with Crippen molar-refractivity contribution in [3.63, 3.8) is 0 Å². The Bertz CT molecular complexity index is 1640. The second-order valence-corrected chi connectivity index (χ2v) is 10.7. The van der Waals surface area contributed by atoms with E-state index in [1.54, 1.807) is 18.6 Å². The zero-order chi connectivity index (χ0) is 25.2. The summed E-state index contributed by atoms with van der Waals surface area (Å²) in [5, 5.41) is 1.94. The Balaban J connectivity index is 1.78. The van der Waals surface area contributed by atoms with Crippen molar-refractivity contribution in [3.05, 3.63) is 112 Å². The van der Waals surface area contributed by atoms with Crippen LogP contribution < -0.4 is 19.6 Å². The predicted octanol–water partition coefficient (Wildman–Crippen LogP) is 4.77. The van der Waals surface area contributed by atoms with Crippen LogP contribution in [-0.2, 0) is 9.53 Å². The van der Waals surface area contributed by atoms with Crippen molar-refractivity contribution >= 4 is 56.3 Å². The molecule has 6 nitrogen and oxygen atoms in total. The monoisotopic (exact) mass is 580 g/mol. The first kappa shape index (κ1) is 24.4. The second-order valence-electron chi connectivity index (χ2n) is 7.84. The number of esters is 1. The van der Waals surface area contributed by atoms with E-state index in [1.165, 1.54) is 22.7 Å². The number of benzene rings is 2. The maximum absolute atomic E-state index is 13.8. The topological polar surface area (TPSA) is 69.9 Å². The minimum Gasteiger partial charge on any atom is -0.496 e. The summed E-state index contributed by atoms with van der Waals surface area (Å²) < 4.78 is 13.7. The first-order valence-electron chi connectivity index (χ1n) is 11.2. The van der Waals surface area contributed by atoms with Gasteiger partial charge in [-0.25, -0.2) is 9.79 Å². The molecule has 0 amide bonds. The van der Waals surface area contributed by atoms with Gasteiger partial charge in [-0.15, -0.1) is 11.3 Å². The van der Waals surface area contributed by atoms with E-state index in [2.05, 4.69) is 15.9 Å². The van der Waals surface area contributed by atoms with Gasteiger partial charge in [-0.05, 0) is 58.1 Å². The number of rotatable bonds is 6. The van der Waals surface area contributed by atoms with Crippen LogP contribution in [0.4, 0.5) is 0 Å². The SMILES string of the molecule is CCOC(=O)C1=C(c2ccccc2)N=c2s/c(=C\c3ccc(OC)c(Br)c3)c(=O)n2[C@@H]1c1cccs1. The van der Waals surface area contributed by atoms with Gasteiger partial charge >= 0.3 is 5.97 Å². The highest BCUT2D eigenvalue weighted by Crippen LogP contribution is 2.36. The summed E-state index contributed by atoms with van der Waals surface area (Å²) in [5.74, 6) is 0.227. The van der Waals surface area contributed by atoms with Crippen LogP contribution in [-0.4, -0.2) is 24.3 Å². The summed E-state index contributed by atoms with van der Waals surface area (Å²) in [5.41, 5.74) is 2.30. The van der Waals surface area contributed by atoms with Crippen LogP contribution in [0.3, 0.4) is 0 Å². The van der Waals surface area contributed by atoms with Crippen LogP contribution in [0, 0.1) is 0 Å². The second kappa shape index (κ2) is 10.4. The molecule has 0 aliphatic carbocycles. The van der Waals surface area contributed by atoms with Gasteiger partial charge in [-0.3, -0.25) is 9.36 Å². The Morgan fingerprint density at radius 1 is 1.17 bits per heavy atom. The number of thiophene rings is 1. The molecule has 36 heavy (non-hydrogen) atoms. The summed E-state index contributed by atoms with van der Waals surface area (Å²) in [6, 6.07) is 18.4.